The molecule has 5 nitrogen and oxygen atoms in total. The Balaban J connectivity index is 1.95. The summed E-state index contributed by atoms with van der Waals surface area (Å²) in [6.07, 6.45) is 5.96. The number of aliphatic hydroxyl groups excluding tert-OH is 1. The van der Waals surface area contributed by atoms with Crippen molar-refractivity contribution in [3.8, 4) is 5.69 Å². The summed E-state index contributed by atoms with van der Waals surface area (Å²) in [5, 5.41) is 13.0. The lowest BCUT2D eigenvalue weighted by atomic mass is 10.2. The van der Waals surface area contributed by atoms with Gasteiger partial charge in [0.05, 0.1) is 17.4 Å². The number of para-hydroxylation sites is 1. The molecule has 0 aliphatic carbocycles. The fourth-order valence-corrected chi connectivity index (χ4v) is 2.11. The highest BCUT2D eigenvalue weighted by Gasteiger charge is 2.13. The molecule has 1 aromatic carbocycles. The van der Waals surface area contributed by atoms with E-state index in [1.807, 2.05) is 30.3 Å². The van der Waals surface area contributed by atoms with Gasteiger partial charge in [0.25, 0.3) is 5.91 Å². The Kier molecular flexibility index (Phi) is 5.51. The number of nitrogens with zero attached hydrogens (tertiary/aromatic N) is 3. The average molecular weight is 287 g/mol. The molecule has 1 heterocycles. The largest absolute Gasteiger partial charge is 0.396 e. The number of benzene rings is 1. The Labute approximate surface area is 124 Å². The normalized spacial score (nSPS) is 10.6. The second kappa shape index (κ2) is 7.59. The molecular weight excluding hydrogens is 266 g/mol. The number of carbonyl (C=O) groups excluding carboxylic acids is 1. The minimum absolute atomic E-state index is 0.0267. The van der Waals surface area contributed by atoms with Crippen molar-refractivity contribution in [1.82, 2.24) is 14.7 Å². The van der Waals surface area contributed by atoms with E-state index < -0.39 is 0 Å². The SMILES string of the molecule is CN(CCCCCO)C(=O)c1cnn(-c2ccccc2)c1. The summed E-state index contributed by atoms with van der Waals surface area (Å²) in [6, 6.07) is 9.70. The van der Waals surface area contributed by atoms with E-state index >= 15 is 0 Å². The summed E-state index contributed by atoms with van der Waals surface area (Å²) in [5.74, 6) is -0.0267. The van der Waals surface area contributed by atoms with Gasteiger partial charge in [-0.05, 0) is 31.4 Å². The van der Waals surface area contributed by atoms with Crippen LogP contribution in [0, 0.1) is 0 Å². The van der Waals surface area contributed by atoms with E-state index in [4.69, 9.17) is 5.11 Å². The van der Waals surface area contributed by atoms with Gasteiger partial charge in [-0.1, -0.05) is 18.2 Å². The smallest absolute Gasteiger partial charge is 0.256 e. The second-order valence-electron chi connectivity index (χ2n) is 5.02. The van der Waals surface area contributed by atoms with E-state index in [0.717, 1.165) is 24.9 Å². The summed E-state index contributed by atoms with van der Waals surface area (Å²) in [6.45, 7) is 0.900. The van der Waals surface area contributed by atoms with Gasteiger partial charge in [0.2, 0.25) is 0 Å². The molecule has 0 saturated carbocycles. The monoisotopic (exact) mass is 287 g/mol. The van der Waals surface area contributed by atoms with Gasteiger partial charge < -0.3 is 10.0 Å². The predicted octanol–water partition coefficient (Wildman–Crippen LogP) is 2.11. The second-order valence-corrected chi connectivity index (χ2v) is 5.02. The van der Waals surface area contributed by atoms with E-state index in [-0.39, 0.29) is 12.5 Å². The third kappa shape index (κ3) is 4.16. The molecule has 0 aliphatic heterocycles. The van der Waals surface area contributed by atoms with Crippen molar-refractivity contribution in [2.45, 2.75) is 19.3 Å². The highest BCUT2D eigenvalue weighted by molar-refractivity contribution is 5.93. The van der Waals surface area contributed by atoms with Crippen LogP contribution in [0.5, 0.6) is 0 Å². The molecule has 1 aromatic heterocycles. The highest BCUT2D eigenvalue weighted by atomic mass is 16.2. The van der Waals surface area contributed by atoms with Crippen molar-refractivity contribution in [1.29, 1.82) is 0 Å². The number of unbranched alkanes of at least 4 members (excludes halogenated alkanes) is 2. The quantitative estimate of drug-likeness (QED) is 0.793. The van der Waals surface area contributed by atoms with Crippen LogP contribution in [0.3, 0.4) is 0 Å². The molecule has 0 atom stereocenters. The fraction of sp³-hybridized carbons (Fsp3) is 0.375. The number of amides is 1. The van der Waals surface area contributed by atoms with Gasteiger partial charge in [-0.15, -0.1) is 0 Å². The van der Waals surface area contributed by atoms with Crippen molar-refractivity contribution in [3.63, 3.8) is 0 Å². The van der Waals surface area contributed by atoms with Crippen LogP contribution < -0.4 is 0 Å². The van der Waals surface area contributed by atoms with Crippen molar-refractivity contribution >= 4 is 5.91 Å². The van der Waals surface area contributed by atoms with Crippen LogP contribution in [0.15, 0.2) is 42.7 Å². The van der Waals surface area contributed by atoms with Gasteiger partial charge in [-0.25, -0.2) is 4.68 Å². The van der Waals surface area contributed by atoms with Gasteiger partial charge in [0, 0.05) is 26.4 Å². The minimum atomic E-state index is -0.0267. The fourth-order valence-electron chi connectivity index (χ4n) is 2.11. The van der Waals surface area contributed by atoms with Crippen LogP contribution in [0.2, 0.25) is 0 Å². The van der Waals surface area contributed by atoms with E-state index in [1.165, 1.54) is 0 Å². The standard InChI is InChI=1S/C16H21N3O2/c1-18(10-6-3-7-11-20)16(21)14-12-17-19(13-14)15-8-4-2-5-9-15/h2,4-5,8-9,12-13,20H,3,6-7,10-11H2,1H3. The molecule has 0 fully saturated rings. The molecule has 1 N–H and O–H groups in total. The topological polar surface area (TPSA) is 58.4 Å². The number of hydrogen-bond acceptors (Lipinski definition) is 3. The van der Waals surface area contributed by atoms with Crippen molar-refractivity contribution < 1.29 is 9.90 Å². The summed E-state index contributed by atoms with van der Waals surface area (Å²) in [7, 11) is 1.79. The minimum Gasteiger partial charge on any atom is -0.396 e. The summed E-state index contributed by atoms with van der Waals surface area (Å²) < 4.78 is 1.70. The van der Waals surface area contributed by atoms with Crippen molar-refractivity contribution in [2.24, 2.45) is 0 Å². The first-order valence-electron chi connectivity index (χ1n) is 7.19. The van der Waals surface area contributed by atoms with Crippen molar-refractivity contribution in [3.05, 3.63) is 48.3 Å². The van der Waals surface area contributed by atoms with Gasteiger partial charge in [-0.3, -0.25) is 4.79 Å². The molecule has 2 rings (SSSR count). The molecule has 112 valence electrons. The lowest BCUT2D eigenvalue weighted by Gasteiger charge is -2.15. The Morgan fingerprint density at radius 2 is 2.00 bits per heavy atom. The predicted molar refractivity (Wildman–Crippen MR) is 81.5 cm³/mol. The average Bonchev–Trinajstić information content (AvgIpc) is 3.01. The number of rotatable bonds is 7. The Hall–Kier alpha value is -2.14. The molecule has 0 unspecified atom stereocenters. The zero-order chi connectivity index (χ0) is 15.1. The number of aliphatic hydroxyl groups is 1. The van der Waals surface area contributed by atoms with E-state index in [2.05, 4.69) is 5.10 Å². The first-order chi connectivity index (χ1) is 10.2. The molecule has 5 heteroatoms. The van der Waals surface area contributed by atoms with Crippen LogP contribution in [0.4, 0.5) is 0 Å². The molecule has 0 aliphatic rings. The zero-order valence-electron chi connectivity index (χ0n) is 12.3. The Morgan fingerprint density at radius 1 is 1.24 bits per heavy atom. The molecule has 0 bridgehead atoms. The van der Waals surface area contributed by atoms with Crippen LogP contribution in [0.25, 0.3) is 5.69 Å². The number of aromatic nitrogens is 2. The molecule has 0 radical (unpaired) electrons. The first-order valence-corrected chi connectivity index (χ1v) is 7.19. The van der Waals surface area contributed by atoms with Crippen molar-refractivity contribution in [2.75, 3.05) is 20.2 Å². The third-order valence-corrected chi connectivity index (χ3v) is 3.35. The van der Waals surface area contributed by atoms with Crippen LogP contribution in [-0.4, -0.2) is 45.9 Å². The number of carbonyl (C=O) groups is 1. The first kappa shape index (κ1) is 15.3. The van der Waals surface area contributed by atoms with Crippen LogP contribution >= 0.6 is 0 Å². The van der Waals surface area contributed by atoms with E-state index in [9.17, 15) is 4.79 Å². The maximum Gasteiger partial charge on any atom is 0.256 e. The van der Waals surface area contributed by atoms with Gasteiger partial charge in [0.1, 0.15) is 0 Å². The van der Waals surface area contributed by atoms with Gasteiger partial charge in [0.15, 0.2) is 0 Å². The molecule has 0 spiro atoms. The molecule has 1 amide bonds. The maximum atomic E-state index is 12.3. The van der Waals surface area contributed by atoms with Crippen LogP contribution in [-0.2, 0) is 0 Å². The highest BCUT2D eigenvalue weighted by Crippen LogP contribution is 2.09. The molecule has 2 aromatic rings. The van der Waals surface area contributed by atoms with Gasteiger partial charge >= 0.3 is 0 Å². The lowest BCUT2D eigenvalue weighted by molar-refractivity contribution is 0.0792. The lowest BCUT2D eigenvalue weighted by Crippen LogP contribution is -2.27. The summed E-state index contributed by atoms with van der Waals surface area (Å²) >= 11 is 0. The molecule has 0 saturated heterocycles. The van der Waals surface area contributed by atoms with E-state index in [0.29, 0.717) is 12.1 Å². The Bertz CT molecular complexity index is 566. The molecule has 21 heavy (non-hydrogen) atoms. The Morgan fingerprint density at radius 3 is 2.71 bits per heavy atom. The summed E-state index contributed by atoms with van der Waals surface area (Å²) in [5.41, 5.74) is 1.52. The zero-order valence-corrected chi connectivity index (χ0v) is 12.3. The van der Waals surface area contributed by atoms with Gasteiger partial charge in [-0.2, -0.15) is 5.10 Å². The van der Waals surface area contributed by atoms with Crippen LogP contribution in [0.1, 0.15) is 29.6 Å². The summed E-state index contributed by atoms with van der Waals surface area (Å²) in [4.78, 5) is 14.0. The van der Waals surface area contributed by atoms with E-state index in [1.54, 1.807) is 29.0 Å². The third-order valence-electron chi connectivity index (χ3n) is 3.35. The molecular formula is C16H21N3O2. The number of hydrogen-bond donors (Lipinski definition) is 1. The maximum absolute atomic E-state index is 12.3.